The number of H-pyrrole nitrogens is 1. The first-order chi connectivity index (χ1) is 13.9. The molecule has 0 saturated carbocycles. The first kappa shape index (κ1) is 19.0. The number of ether oxygens (including phenoxy) is 1. The van der Waals surface area contributed by atoms with Crippen LogP contribution in [0, 0.1) is 23.4 Å². The monoisotopic (exact) mass is 402 g/mol. The summed E-state index contributed by atoms with van der Waals surface area (Å²) in [5, 5.41) is 3.09. The number of rotatable bonds is 5. The standard InChI is InChI=1S/C21H17F3N2O3/c22-13-3-1-11(2-4-13)19-15(16-8-14(23)9-17(24)20(16)26-19)5-6-25-21(28)12-7-18(27)29-10-12/h1-4,8-9,12,26H,5-7,10H2,(H,25,28)/t12-/m0/s1. The quantitative estimate of drug-likeness (QED) is 0.642. The lowest BCUT2D eigenvalue weighted by atomic mass is 10.0. The topological polar surface area (TPSA) is 71.2 Å². The SMILES string of the molecule is O=C1C[C@H](C(=O)NCCc2c(-c3ccc(F)cc3)[nH]c3c(F)cc(F)cc23)CO1. The van der Waals surface area contributed by atoms with E-state index in [1.807, 2.05) is 0 Å². The maximum atomic E-state index is 14.3. The molecule has 0 bridgehead atoms. The van der Waals surface area contributed by atoms with Crippen molar-refractivity contribution in [3.05, 3.63) is 59.4 Å². The lowest BCUT2D eigenvalue weighted by molar-refractivity contribution is -0.137. The predicted octanol–water partition coefficient (Wildman–Crippen LogP) is 3.47. The summed E-state index contributed by atoms with van der Waals surface area (Å²) in [4.78, 5) is 26.3. The Hall–Kier alpha value is -3.29. The van der Waals surface area contributed by atoms with E-state index in [-0.39, 0.29) is 37.4 Å². The molecule has 0 aliphatic carbocycles. The average Bonchev–Trinajstić information content (AvgIpc) is 3.27. The number of benzene rings is 2. The van der Waals surface area contributed by atoms with Crippen molar-refractivity contribution in [1.29, 1.82) is 0 Å². The molecule has 3 aromatic rings. The maximum Gasteiger partial charge on any atom is 0.306 e. The molecule has 1 saturated heterocycles. The van der Waals surface area contributed by atoms with Gasteiger partial charge in [0.15, 0.2) is 0 Å². The van der Waals surface area contributed by atoms with Gasteiger partial charge in [-0.2, -0.15) is 0 Å². The summed E-state index contributed by atoms with van der Waals surface area (Å²) in [5.74, 6) is -3.12. The van der Waals surface area contributed by atoms with Gasteiger partial charge in [0, 0.05) is 23.7 Å². The van der Waals surface area contributed by atoms with Crippen LogP contribution < -0.4 is 5.32 Å². The van der Waals surface area contributed by atoms with Gasteiger partial charge in [-0.3, -0.25) is 9.59 Å². The molecule has 0 radical (unpaired) electrons. The molecule has 1 aromatic heterocycles. The number of cyclic esters (lactones) is 1. The molecule has 2 heterocycles. The highest BCUT2D eigenvalue weighted by Crippen LogP contribution is 2.32. The average molecular weight is 402 g/mol. The third-order valence-electron chi connectivity index (χ3n) is 4.97. The molecule has 0 spiro atoms. The summed E-state index contributed by atoms with van der Waals surface area (Å²) in [5.41, 5.74) is 1.88. The summed E-state index contributed by atoms with van der Waals surface area (Å²) >= 11 is 0. The molecule has 1 aliphatic heterocycles. The highest BCUT2D eigenvalue weighted by molar-refractivity contribution is 5.91. The highest BCUT2D eigenvalue weighted by atomic mass is 19.1. The van der Waals surface area contributed by atoms with Gasteiger partial charge in [-0.25, -0.2) is 13.2 Å². The molecule has 4 rings (SSSR count). The highest BCUT2D eigenvalue weighted by Gasteiger charge is 2.29. The van der Waals surface area contributed by atoms with Crippen LogP contribution in [0.25, 0.3) is 22.2 Å². The van der Waals surface area contributed by atoms with Crippen molar-refractivity contribution in [2.75, 3.05) is 13.2 Å². The van der Waals surface area contributed by atoms with Crippen molar-refractivity contribution >= 4 is 22.8 Å². The molecular weight excluding hydrogens is 385 g/mol. The first-order valence-corrected chi connectivity index (χ1v) is 9.11. The van der Waals surface area contributed by atoms with Crippen LogP contribution in [0.15, 0.2) is 36.4 Å². The van der Waals surface area contributed by atoms with E-state index < -0.39 is 29.3 Å². The van der Waals surface area contributed by atoms with Crippen LogP contribution in [0.4, 0.5) is 13.2 Å². The minimum absolute atomic E-state index is 0.0379. The van der Waals surface area contributed by atoms with Crippen LogP contribution in [0.3, 0.4) is 0 Å². The van der Waals surface area contributed by atoms with E-state index in [4.69, 9.17) is 4.74 Å². The summed E-state index contributed by atoms with van der Waals surface area (Å²) in [6.07, 6.45) is 0.318. The number of hydrogen-bond acceptors (Lipinski definition) is 3. The Morgan fingerprint density at radius 3 is 2.59 bits per heavy atom. The van der Waals surface area contributed by atoms with Crippen LogP contribution >= 0.6 is 0 Å². The molecule has 8 heteroatoms. The van der Waals surface area contributed by atoms with E-state index in [2.05, 4.69) is 10.3 Å². The first-order valence-electron chi connectivity index (χ1n) is 9.11. The Bertz CT molecular complexity index is 1090. The fourth-order valence-electron chi connectivity index (χ4n) is 3.53. The second-order valence-corrected chi connectivity index (χ2v) is 6.92. The van der Waals surface area contributed by atoms with E-state index in [0.29, 0.717) is 22.2 Å². The number of hydrogen-bond donors (Lipinski definition) is 2. The van der Waals surface area contributed by atoms with E-state index in [9.17, 15) is 22.8 Å². The Kier molecular flexibility index (Phi) is 5.00. The van der Waals surface area contributed by atoms with Gasteiger partial charge in [0.2, 0.25) is 5.91 Å². The van der Waals surface area contributed by atoms with Crippen molar-refractivity contribution in [2.45, 2.75) is 12.8 Å². The summed E-state index contributed by atoms with van der Waals surface area (Å²) < 4.78 is 46.2. The van der Waals surface area contributed by atoms with Crippen molar-refractivity contribution in [1.82, 2.24) is 10.3 Å². The Morgan fingerprint density at radius 2 is 1.90 bits per heavy atom. The molecule has 150 valence electrons. The number of aromatic amines is 1. The number of fused-ring (bicyclic) bond motifs is 1. The van der Waals surface area contributed by atoms with Crippen LogP contribution in [0.1, 0.15) is 12.0 Å². The molecule has 1 atom stereocenters. The zero-order valence-corrected chi connectivity index (χ0v) is 15.2. The Morgan fingerprint density at radius 1 is 1.14 bits per heavy atom. The van der Waals surface area contributed by atoms with Gasteiger partial charge in [0.05, 0.1) is 17.9 Å². The number of nitrogens with one attached hydrogen (secondary N) is 2. The van der Waals surface area contributed by atoms with Gasteiger partial charge >= 0.3 is 5.97 Å². The molecule has 5 nitrogen and oxygen atoms in total. The van der Waals surface area contributed by atoms with Crippen molar-refractivity contribution < 1.29 is 27.5 Å². The fraction of sp³-hybridized carbons (Fsp3) is 0.238. The molecule has 2 N–H and O–H groups in total. The van der Waals surface area contributed by atoms with Gasteiger partial charge < -0.3 is 15.0 Å². The van der Waals surface area contributed by atoms with Crippen LogP contribution in [0.2, 0.25) is 0 Å². The number of halogens is 3. The van der Waals surface area contributed by atoms with Gasteiger partial charge in [0.25, 0.3) is 0 Å². The van der Waals surface area contributed by atoms with Gasteiger partial charge in [-0.15, -0.1) is 0 Å². The number of aromatic nitrogens is 1. The van der Waals surface area contributed by atoms with Gasteiger partial charge in [0.1, 0.15) is 24.1 Å². The Labute approximate surface area is 163 Å². The third kappa shape index (κ3) is 3.83. The molecule has 2 aromatic carbocycles. The lowest BCUT2D eigenvalue weighted by Crippen LogP contribution is -2.32. The summed E-state index contributed by atoms with van der Waals surface area (Å²) in [7, 11) is 0. The second kappa shape index (κ2) is 7.62. The molecule has 0 unspecified atom stereocenters. The zero-order valence-electron chi connectivity index (χ0n) is 15.2. The minimum atomic E-state index is -0.736. The number of amides is 1. The van der Waals surface area contributed by atoms with Gasteiger partial charge in [-0.05, 0) is 47.9 Å². The molecule has 1 fully saturated rings. The number of esters is 1. The maximum absolute atomic E-state index is 14.3. The van der Waals surface area contributed by atoms with Crippen molar-refractivity contribution in [3.63, 3.8) is 0 Å². The lowest BCUT2D eigenvalue weighted by Gasteiger charge is -2.10. The van der Waals surface area contributed by atoms with E-state index in [0.717, 1.165) is 6.07 Å². The molecular formula is C21H17F3N2O3. The largest absolute Gasteiger partial charge is 0.465 e. The van der Waals surface area contributed by atoms with E-state index in [1.165, 1.54) is 30.3 Å². The minimum Gasteiger partial charge on any atom is -0.465 e. The second-order valence-electron chi connectivity index (χ2n) is 6.92. The number of carbonyl (C=O) groups is 2. The van der Waals surface area contributed by atoms with Crippen molar-refractivity contribution in [2.24, 2.45) is 5.92 Å². The smallest absolute Gasteiger partial charge is 0.306 e. The Balaban J connectivity index is 1.62. The van der Waals surface area contributed by atoms with E-state index >= 15 is 0 Å². The summed E-state index contributed by atoms with van der Waals surface area (Å²) in [6, 6.07) is 7.65. The molecule has 29 heavy (non-hydrogen) atoms. The molecule has 1 amide bonds. The van der Waals surface area contributed by atoms with Crippen LogP contribution in [-0.2, 0) is 20.7 Å². The predicted molar refractivity (Wildman–Crippen MR) is 99.4 cm³/mol. The zero-order chi connectivity index (χ0) is 20.5. The number of carbonyl (C=O) groups excluding carboxylic acids is 2. The van der Waals surface area contributed by atoms with Crippen LogP contribution in [-0.4, -0.2) is 30.0 Å². The third-order valence-corrected chi connectivity index (χ3v) is 4.97. The normalized spacial score (nSPS) is 16.2. The van der Waals surface area contributed by atoms with Gasteiger partial charge in [-0.1, -0.05) is 0 Å². The van der Waals surface area contributed by atoms with E-state index in [1.54, 1.807) is 0 Å². The van der Waals surface area contributed by atoms with Crippen LogP contribution in [0.5, 0.6) is 0 Å². The molecule has 1 aliphatic rings. The van der Waals surface area contributed by atoms with Crippen molar-refractivity contribution in [3.8, 4) is 11.3 Å². The summed E-state index contributed by atoms with van der Waals surface area (Å²) in [6.45, 7) is 0.248. The fourth-order valence-corrected chi connectivity index (χ4v) is 3.53.